The lowest BCUT2D eigenvalue weighted by Gasteiger charge is -2.03. The number of ketones is 1. The van der Waals surface area contributed by atoms with Gasteiger partial charge < -0.3 is 4.84 Å². The smallest absolute Gasteiger partial charge is 0.193 e. The average molecular weight is 227 g/mol. The van der Waals surface area contributed by atoms with Crippen molar-refractivity contribution in [2.24, 2.45) is 5.90 Å². The van der Waals surface area contributed by atoms with Gasteiger partial charge in [-0.15, -0.1) is 0 Å². The third kappa shape index (κ3) is 2.52. The molecule has 0 saturated heterocycles. The van der Waals surface area contributed by atoms with E-state index in [4.69, 9.17) is 5.90 Å². The van der Waals surface area contributed by atoms with E-state index in [9.17, 15) is 4.79 Å². The summed E-state index contributed by atoms with van der Waals surface area (Å²) < 4.78 is 0. The molecule has 2 aromatic rings. The number of benzene rings is 2. The summed E-state index contributed by atoms with van der Waals surface area (Å²) >= 11 is 0. The van der Waals surface area contributed by atoms with E-state index in [-0.39, 0.29) is 5.78 Å². The maximum absolute atomic E-state index is 12.1. The van der Waals surface area contributed by atoms with Gasteiger partial charge in [0.15, 0.2) is 5.78 Å². The van der Waals surface area contributed by atoms with E-state index in [1.54, 1.807) is 24.3 Å². The lowest BCUT2D eigenvalue weighted by Crippen LogP contribution is -2.04. The lowest BCUT2D eigenvalue weighted by molar-refractivity contribution is 0.103. The van der Waals surface area contributed by atoms with E-state index in [2.05, 4.69) is 4.84 Å². The highest BCUT2D eigenvalue weighted by atomic mass is 16.6. The Morgan fingerprint density at radius 1 is 0.941 bits per heavy atom. The highest BCUT2D eigenvalue weighted by Gasteiger charge is 2.08. The summed E-state index contributed by atoms with van der Waals surface area (Å²) in [5, 5.41) is 0. The standard InChI is InChI=1S/C14H13NO2/c1-10-2-4-11(5-3-10)14(16)12-6-8-13(17-15)9-7-12/h2-9H,15H2,1H3. The fourth-order valence-electron chi connectivity index (χ4n) is 1.56. The van der Waals surface area contributed by atoms with E-state index in [0.717, 1.165) is 5.56 Å². The van der Waals surface area contributed by atoms with Gasteiger partial charge in [0.05, 0.1) is 0 Å². The van der Waals surface area contributed by atoms with Crippen LogP contribution in [0.4, 0.5) is 0 Å². The maximum atomic E-state index is 12.1. The zero-order valence-electron chi connectivity index (χ0n) is 9.51. The molecule has 0 aliphatic heterocycles. The quantitative estimate of drug-likeness (QED) is 0.647. The minimum absolute atomic E-state index is 0.00595. The largest absolute Gasteiger partial charge is 0.412 e. The molecule has 0 radical (unpaired) electrons. The van der Waals surface area contributed by atoms with Gasteiger partial charge in [-0.3, -0.25) is 4.79 Å². The summed E-state index contributed by atoms with van der Waals surface area (Å²) in [6.07, 6.45) is 0. The number of hydrogen-bond donors (Lipinski definition) is 1. The Kier molecular flexibility index (Phi) is 3.21. The molecule has 0 spiro atoms. The van der Waals surface area contributed by atoms with Crippen molar-refractivity contribution in [2.75, 3.05) is 0 Å². The molecule has 0 bridgehead atoms. The van der Waals surface area contributed by atoms with Crippen molar-refractivity contribution in [3.8, 4) is 5.75 Å². The lowest BCUT2D eigenvalue weighted by atomic mass is 10.0. The first-order valence-electron chi connectivity index (χ1n) is 5.29. The first-order chi connectivity index (χ1) is 8.20. The van der Waals surface area contributed by atoms with Crippen LogP contribution in [0.1, 0.15) is 21.5 Å². The Morgan fingerprint density at radius 2 is 1.41 bits per heavy atom. The zero-order chi connectivity index (χ0) is 12.3. The van der Waals surface area contributed by atoms with Gasteiger partial charge in [-0.05, 0) is 31.2 Å². The summed E-state index contributed by atoms with van der Waals surface area (Å²) in [7, 11) is 0. The summed E-state index contributed by atoms with van der Waals surface area (Å²) in [6, 6.07) is 14.2. The number of carbonyl (C=O) groups is 1. The Hall–Kier alpha value is -2.13. The summed E-state index contributed by atoms with van der Waals surface area (Å²) in [6.45, 7) is 1.99. The molecule has 0 amide bonds. The predicted molar refractivity (Wildman–Crippen MR) is 65.9 cm³/mol. The van der Waals surface area contributed by atoms with Gasteiger partial charge in [0.25, 0.3) is 0 Å². The second kappa shape index (κ2) is 4.80. The van der Waals surface area contributed by atoms with Crippen LogP contribution in [0.3, 0.4) is 0 Å². The molecule has 0 aromatic heterocycles. The number of rotatable bonds is 3. The van der Waals surface area contributed by atoms with Gasteiger partial charge in [-0.1, -0.05) is 29.8 Å². The van der Waals surface area contributed by atoms with E-state index < -0.39 is 0 Å². The third-order valence-electron chi connectivity index (χ3n) is 2.57. The SMILES string of the molecule is Cc1ccc(C(=O)c2ccc(ON)cc2)cc1. The van der Waals surface area contributed by atoms with Gasteiger partial charge in [0.1, 0.15) is 5.75 Å². The van der Waals surface area contributed by atoms with Crippen LogP contribution in [0.15, 0.2) is 48.5 Å². The Morgan fingerprint density at radius 3 is 1.88 bits per heavy atom. The predicted octanol–water partition coefficient (Wildman–Crippen LogP) is 2.48. The van der Waals surface area contributed by atoms with Gasteiger partial charge in [-0.2, -0.15) is 5.90 Å². The summed E-state index contributed by atoms with van der Waals surface area (Å²) in [5.74, 6) is 5.55. The Labute approximate surface area is 99.8 Å². The van der Waals surface area contributed by atoms with Crippen LogP contribution < -0.4 is 10.7 Å². The van der Waals surface area contributed by atoms with E-state index in [1.165, 1.54) is 0 Å². The molecular formula is C14H13NO2. The van der Waals surface area contributed by atoms with Crippen molar-refractivity contribution in [3.63, 3.8) is 0 Å². The van der Waals surface area contributed by atoms with Crippen molar-refractivity contribution < 1.29 is 9.63 Å². The molecule has 86 valence electrons. The van der Waals surface area contributed by atoms with Crippen LogP contribution in [-0.4, -0.2) is 5.78 Å². The molecule has 0 fully saturated rings. The first kappa shape index (κ1) is 11.4. The molecule has 17 heavy (non-hydrogen) atoms. The molecule has 2 N–H and O–H groups in total. The van der Waals surface area contributed by atoms with Crippen molar-refractivity contribution >= 4 is 5.78 Å². The Balaban J connectivity index is 2.27. The number of nitrogens with two attached hydrogens (primary N) is 1. The summed E-state index contributed by atoms with van der Waals surface area (Å²) in [4.78, 5) is 16.6. The first-order valence-corrected chi connectivity index (χ1v) is 5.29. The van der Waals surface area contributed by atoms with Gasteiger partial charge in [0, 0.05) is 11.1 Å². The van der Waals surface area contributed by atoms with E-state index >= 15 is 0 Å². The van der Waals surface area contributed by atoms with Gasteiger partial charge in [0.2, 0.25) is 0 Å². The highest BCUT2D eigenvalue weighted by molar-refractivity contribution is 6.09. The number of aryl methyl sites for hydroxylation is 1. The third-order valence-corrected chi connectivity index (χ3v) is 2.57. The molecule has 2 aromatic carbocycles. The minimum atomic E-state index is -0.00595. The van der Waals surface area contributed by atoms with Gasteiger partial charge >= 0.3 is 0 Å². The molecule has 3 nitrogen and oxygen atoms in total. The average Bonchev–Trinajstić information content (AvgIpc) is 2.39. The van der Waals surface area contributed by atoms with Crippen LogP contribution in [0.25, 0.3) is 0 Å². The second-order valence-electron chi connectivity index (χ2n) is 3.84. The normalized spacial score (nSPS) is 10.0. The molecule has 3 heteroatoms. The van der Waals surface area contributed by atoms with Crippen LogP contribution in [0.5, 0.6) is 5.75 Å². The molecule has 0 atom stereocenters. The fraction of sp³-hybridized carbons (Fsp3) is 0.0714. The molecule has 2 rings (SSSR count). The fourth-order valence-corrected chi connectivity index (χ4v) is 1.56. The topological polar surface area (TPSA) is 52.3 Å². The number of hydrogen-bond acceptors (Lipinski definition) is 3. The van der Waals surface area contributed by atoms with Crippen molar-refractivity contribution in [1.29, 1.82) is 0 Å². The minimum Gasteiger partial charge on any atom is -0.412 e. The summed E-state index contributed by atoms with van der Waals surface area (Å²) in [5.41, 5.74) is 2.43. The maximum Gasteiger partial charge on any atom is 0.193 e. The van der Waals surface area contributed by atoms with Crippen LogP contribution in [0.2, 0.25) is 0 Å². The molecule has 0 unspecified atom stereocenters. The van der Waals surface area contributed by atoms with Crippen LogP contribution in [-0.2, 0) is 0 Å². The second-order valence-corrected chi connectivity index (χ2v) is 3.84. The van der Waals surface area contributed by atoms with Crippen molar-refractivity contribution in [2.45, 2.75) is 6.92 Å². The molecular weight excluding hydrogens is 214 g/mol. The number of carbonyl (C=O) groups excluding carboxylic acids is 1. The Bertz CT molecular complexity index is 515. The monoisotopic (exact) mass is 227 g/mol. The van der Waals surface area contributed by atoms with Crippen molar-refractivity contribution in [3.05, 3.63) is 65.2 Å². The zero-order valence-corrected chi connectivity index (χ0v) is 9.51. The van der Waals surface area contributed by atoms with Gasteiger partial charge in [-0.25, -0.2) is 0 Å². The molecule has 0 saturated carbocycles. The molecule has 0 heterocycles. The molecule has 0 aliphatic rings. The molecule has 0 aliphatic carbocycles. The highest BCUT2D eigenvalue weighted by Crippen LogP contribution is 2.15. The van der Waals surface area contributed by atoms with Crippen molar-refractivity contribution in [1.82, 2.24) is 0 Å². The van der Waals surface area contributed by atoms with Crippen LogP contribution >= 0.6 is 0 Å². The van der Waals surface area contributed by atoms with E-state index in [0.29, 0.717) is 16.9 Å². The van der Waals surface area contributed by atoms with Crippen LogP contribution in [0, 0.1) is 6.92 Å². The van der Waals surface area contributed by atoms with E-state index in [1.807, 2.05) is 31.2 Å².